The lowest BCUT2D eigenvalue weighted by atomic mass is 9.98. The third-order valence-corrected chi connectivity index (χ3v) is 4.55. The predicted molar refractivity (Wildman–Crippen MR) is 68.6 cm³/mol. The predicted octanol–water partition coefficient (Wildman–Crippen LogP) is 0.832. The molecule has 2 saturated heterocycles. The number of hydrogen-bond donors (Lipinski definition) is 1. The molecule has 0 saturated carbocycles. The summed E-state index contributed by atoms with van der Waals surface area (Å²) in [4.78, 5) is 24.6. The maximum Gasteiger partial charge on any atom is 0.334 e. The van der Waals surface area contributed by atoms with Crippen molar-refractivity contribution < 1.29 is 19.4 Å². The number of ether oxygens (including phenoxy) is 1. The molecule has 2 fully saturated rings. The summed E-state index contributed by atoms with van der Waals surface area (Å²) in [6.45, 7) is 1.03. The standard InChI is InChI=1S/C12H19NO4S/c14-11(7-9-1-5-18-6-2-9)13-3-4-17-10(8-13)12(15)16/h9-10H,1-8H2,(H,15,16). The fraction of sp³-hybridized carbons (Fsp3) is 0.833. The SMILES string of the molecule is O=C(O)C1CN(C(=O)CC2CCSCC2)CCO1. The second-order valence-corrected chi connectivity index (χ2v) is 6.02. The lowest BCUT2D eigenvalue weighted by Gasteiger charge is -2.32. The van der Waals surface area contributed by atoms with E-state index in [1.54, 1.807) is 4.90 Å². The van der Waals surface area contributed by atoms with Crippen molar-refractivity contribution in [1.82, 2.24) is 4.90 Å². The molecule has 1 N–H and O–H groups in total. The minimum Gasteiger partial charge on any atom is -0.479 e. The first-order valence-corrected chi connectivity index (χ1v) is 7.52. The minimum absolute atomic E-state index is 0.0847. The highest BCUT2D eigenvalue weighted by atomic mass is 32.2. The zero-order valence-corrected chi connectivity index (χ0v) is 11.2. The van der Waals surface area contributed by atoms with Gasteiger partial charge in [0.05, 0.1) is 13.2 Å². The van der Waals surface area contributed by atoms with Gasteiger partial charge in [-0.1, -0.05) is 0 Å². The number of hydrogen-bond acceptors (Lipinski definition) is 4. The van der Waals surface area contributed by atoms with E-state index in [0.717, 1.165) is 24.3 Å². The first kappa shape index (κ1) is 13.7. The molecule has 0 aromatic rings. The van der Waals surface area contributed by atoms with Gasteiger partial charge in [0, 0.05) is 13.0 Å². The Morgan fingerprint density at radius 1 is 1.33 bits per heavy atom. The van der Waals surface area contributed by atoms with Crippen molar-refractivity contribution in [3.63, 3.8) is 0 Å². The van der Waals surface area contributed by atoms with Crippen LogP contribution in [0.15, 0.2) is 0 Å². The molecule has 1 amide bonds. The molecule has 2 aliphatic heterocycles. The first-order chi connectivity index (χ1) is 8.66. The fourth-order valence-electron chi connectivity index (χ4n) is 2.35. The Morgan fingerprint density at radius 3 is 2.72 bits per heavy atom. The van der Waals surface area contributed by atoms with E-state index in [1.165, 1.54) is 0 Å². The van der Waals surface area contributed by atoms with Gasteiger partial charge in [-0.3, -0.25) is 4.79 Å². The molecule has 2 heterocycles. The van der Waals surface area contributed by atoms with E-state index in [9.17, 15) is 9.59 Å². The summed E-state index contributed by atoms with van der Waals surface area (Å²) in [5.74, 6) is 1.85. The molecule has 0 radical (unpaired) electrons. The van der Waals surface area contributed by atoms with Gasteiger partial charge >= 0.3 is 5.97 Å². The number of carboxylic acid groups (broad SMARTS) is 1. The third kappa shape index (κ3) is 3.62. The second-order valence-electron chi connectivity index (χ2n) is 4.80. The molecule has 0 aliphatic carbocycles. The minimum atomic E-state index is -0.985. The molecular weight excluding hydrogens is 254 g/mol. The van der Waals surface area contributed by atoms with Crippen LogP contribution in [0.25, 0.3) is 0 Å². The van der Waals surface area contributed by atoms with Crippen LogP contribution in [0.4, 0.5) is 0 Å². The quantitative estimate of drug-likeness (QED) is 0.825. The smallest absolute Gasteiger partial charge is 0.334 e. The molecular formula is C12H19NO4S. The van der Waals surface area contributed by atoms with Crippen molar-refractivity contribution in [2.24, 2.45) is 5.92 Å². The van der Waals surface area contributed by atoms with Crippen molar-refractivity contribution in [1.29, 1.82) is 0 Å². The zero-order valence-electron chi connectivity index (χ0n) is 10.3. The van der Waals surface area contributed by atoms with Crippen molar-refractivity contribution in [3.8, 4) is 0 Å². The van der Waals surface area contributed by atoms with Crippen LogP contribution in [0.2, 0.25) is 0 Å². The van der Waals surface area contributed by atoms with Crippen molar-refractivity contribution in [2.45, 2.75) is 25.4 Å². The number of thioether (sulfide) groups is 1. The summed E-state index contributed by atoms with van der Waals surface area (Å²) in [5.41, 5.74) is 0. The Kier molecular flexibility index (Phi) is 4.88. The number of carbonyl (C=O) groups excluding carboxylic acids is 1. The molecule has 102 valence electrons. The zero-order chi connectivity index (χ0) is 13.0. The summed E-state index contributed by atoms with van der Waals surface area (Å²) in [5, 5.41) is 8.89. The largest absolute Gasteiger partial charge is 0.479 e. The Morgan fingerprint density at radius 2 is 2.06 bits per heavy atom. The maximum absolute atomic E-state index is 12.1. The number of carboxylic acids is 1. The van der Waals surface area contributed by atoms with Gasteiger partial charge in [-0.25, -0.2) is 4.79 Å². The Labute approximate surface area is 111 Å². The van der Waals surface area contributed by atoms with Crippen molar-refractivity contribution in [3.05, 3.63) is 0 Å². The first-order valence-electron chi connectivity index (χ1n) is 6.36. The number of carbonyl (C=O) groups is 2. The van der Waals surface area contributed by atoms with Crippen LogP contribution in [0.5, 0.6) is 0 Å². The van der Waals surface area contributed by atoms with E-state index in [0.29, 0.717) is 25.5 Å². The normalized spacial score (nSPS) is 26.0. The van der Waals surface area contributed by atoms with Crippen LogP contribution in [0.1, 0.15) is 19.3 Å². The number of morpholine rings is 1. The van der Waals surface area contributed by atoms with E-state index < -0.39 is 12.1 Å². The average molecular weight is 273 g/mol. The highest BCUT2D eigenvalue weighted by Crippen LogP contribution is 2.26. The molecule has 2 aliphatic rings. The lowest BCUT2D eigenvalue weighted by Crippen LogP contribution is -2.48. The van der Waals surface area contributed by atoms with Gasteiger partial charge in [0.2, 0.25) is 5.91 Å². The molecule has 0 aromatic carbocycles. The fourth-order valence-corrected chi connectivity index (χ4v) is 3.56. The summed E-state index contributed by atoms with van der Waals surface area (Å²) in [6.07, 6.45) is 1.91. The van der Waals surface area contributed by atoms with Gasteiger partial charge in [0.15, 0.2) is 6.10 Å². The molecule has 1 unspecified atom stereocenters. The Balaban J connectivity index is 1.82. The summed E-state index contributed by atoms with van der Waals surface area (Å²) in [6, 6.07) is 0. The maximum atomic E-state index is 12.1. The van der Waals surface area contributed by atoms with E-state index in [-0.39, 0.29) is 12.5 Å². The molecule has 18 heavy (non-hydrogen) atoms. The van der Waals surface area contributed by atoms with Crippen LogP contribution in [-0.4, -0.2) is 59.2 Å². The van der Waals surface area contributed by atoms with E-state index in [2.05, 4.69) is 0 Å². The summed E-state index contributed by atoms with van der Waals surface area (Å²) < 4.78 is 5.11. The Hall–Kier alpha value is -0.750. The van der Waals surface area contributed by atoms with Gasteiger partial charge in [-0.15, -0.1) is 0 Å². The highest BCUT2D eigenvalue weighted by Gasteiger charge is 2.30. The van der Waals surface area contributed by atoms with Gasteiger partial charge in [-0.2, -0.15) is 11.8 Å². The van der Waals surface area contributed by atoms with E-state index in [4.69, 9.17) is 9.84 Å². The number of aliphatic carboxylic acids is 1. The number of amides is 1. The van der Waals surface area contributed by atoms with Crippen LogP contribution in [0, 0.1) is 5.92 Å². The summed E-state index contributed by atoms with van der Waals surface area (Å²) >= 11 is 1.94. The van der Waals surface area contributed by atoms with Crippen LogP contribution in [-0.2, 0) is 14.3 Å². The molecule has 0 spiro atoms. The second kappa shape index (κ2) is 6.43. The topological polar surface area (TPSA) is 66.8 Å². The van der Waals surface area contributed by atoms with E-state index in [1.807, 2.05) is 11.8 Å². The highest BCUT2D eigenvalue weighted by molar-refractivity contribution is 7.99. The molecule has 0 bridgehead atoms. The van der Waals surface area contributed by atoms with Crippen LogP contribution in [0.3, 0.4) is 0 Å². The average Bonchev–Trinajstić information content (AvgIpc) is 2.40. The van der Waals surface area contributed by atoms with Gasteiger partial charge in [0.25, 0.3) is 0 Å². The third-order valence-electron chi connectivity index (χ3n) is 3.50. The van der Waals surface area contributed by atoms with Gasteiger partial charge < -0.3 is 14.7 Å². The Bertz CT molecular complexity index is 317. The monoisotopic (exact) mass is 273 g/mol. The van der Waals surface area contributed by atoms with Crippen LogP contribution < -0.4 is 0 Å². The summed E-state index contributed by atoms with van der Waals surface area (Å²) in [7, 11) is 0. The molecule has 6 heteroatoms. The number of rotatable bonds is 3. The van der Waals surface area contributed by atoms with E-state index >= 15 is 0 Å². The van der Waals surface area contributed by atoms with Crippen molar-refractivity contribution in [2.75, 3.05) is 31.2 Å². The molecule has 5 nitrogen and oxygen atoms in total. The molecule has 1 atom stereocenters. The lowest BCUT2D eigenvalue weighted by molar-refractivity contribution is -0.159. The van der Waals surface area contributed by atoms with Gasteiger partial charge in [-0.05, 0) is 30.3 Å². The van der Waals surface area contributed by atoms with Crippen LogP contribution >= 0.6 is 11.8 Å². The number of nitrogens with zero attached hydrogens (tertiary/aromatic N) is 1. The van der Waals surface area contributed by atoms with Gasteiger partial charge in [0.1, 0.15) is 0 Å². The molecule has 0 aromatic heterocycles. The molecule has 2 rings (SSSR count). The van der Waals surface area contributed by atoms with Crippen molar-refractivity contribution >= 4 is 23.6 Å².